The summed E-state index contributed by atoms with van der Waals surface area (Å²) in [5, 5.41) is 2.30. The van der Waals surface area contributed by atoms with Crippen LogP contribution in [0.4, 0.5) is 19.3 Å². The fourth-order valence-corrected chi connectivity index (χ4v) is 2.62. The number of hydrogen-bond acceptors (Lipinski definition) is 3. The average Bonchev–Trinajstić information content (AvgIpc) is 2.54. The third-order valence-corrected chi connectivity index (χ3v) is 4.03. The fraction of sp³-hybridized carbons (Fsp3) is 0.278. The molecule has 0 aliphatic rings. The molecule has 0 fully saturated rings. The molecule has 0 heterocycles. The Bertz CT molecular complexity index is 753. The van der Waals surface area contributed by atoms with Crippen molar-refractivity contribution in [1.82, 2.24) is 0 Å². The van der Waals surface area contributed by atoms with Crippen molar-refractivity contribution in [2.24, 2.45) is 0 Å². The maximum Gasteiger partial charge on any atom is 0.416 e. The summed E-state index contributed by atoms with van der Waals surface area (Å²) in [5.74, 6) is 0.723. The number of hydrogen-bond donors (Lipinski definition) is 1. The molecule has 0 bridgehead atoms. The molecule has 25 heavy (non-hydrogen) atoms. The summed E-state index contributed by atoms with van der Waals surface area (Å²) >= 11 is 3.28. The van der Waals surface area contributed by atoms with E-state index in [9.17, 15) is 13.6 Å². The Kier molecular flexibility index (Phi) is 6.75. The first-order valence-electron chi connectivity index (χ1n) is 7.65. The third kappa shape index (κ3) is 5.70. The van der Waals surface area contributed by atoms with Crippen molar-refractivity contribution in [2.75, 3.05) is 5.32 Å². The summed E-state index contributed by atoms with van der Waals surface area (Å²) in [6.07, 6.45) is -0.286. The highest BCUT2D eigenvalue weighted by atomic mass is 79.9. The standard InChI is InChI=1S/C18H18BrF2NO3/c1-3-12-4-7-16(11(2)8-12)24-10-13-5-6-14(19)9-15(13)22-18(23)25-17(20)21/h4-9,17H,3,10H2,1-2H3,(H,22,23). The second kappa shape index (κ2) is 8.80. The zero-order valence-electron chi connectivity index (χ0n) is 13.8. The summed E-state index contributed by atoms with van der Waals surface area (Å²) in [6, 6.07) is 11.0. The first-order valence-corrected chi connectivity index (χ1v) is 8.45. The second-order valence-corrected chi connectivity index (χ2v) is 6.25. The summed E-state index contributed by atoms with van der Waals surface area (Å²) in [5.41, 5.74) is 3.19. The quantitative estimate of drug-likeness (QED) is 0.663. The third-order valence-electron chi connectivity index (χ3n) is 3.54. The van der Waals surface area contributed by atoms with Crippen molar-refractivity contribution in [3.63, 3.8) is 0 Å². The van der Waals surface area contributed by atoms with E-state index >= 15 is 0 Å². The molecule has 1 amide bonds. The molecule has 4 nitrogen and oxygen atoms in total. The van der Waals surface area contributed by atoms with Gasteiger partial charge < -0.3 is 9.47 Å². The Morgan fingerprint density at radius 3 is 2.64 bits per heavy atom. The number of anilines is 1. The van der Waals surface area contributed by atoms with Gasteiger partial charge >= 0.3 is 12.7 Å². The van der Waals surface area contributed by atoms with E-state index in [2.05, 4.69) is 39.0 Å². The van der Waals surface area contributed by atoms with E-state index in [1.165, 1.54) is 5.56 Å². The van der Waals surface area contributed by atoms with Crippen molar-refractivity contribution < 1.29 is 23.0 Å². The van der Waals surface area contributed by atoms with Crippen LogP contribution in [-0.2, 0) is 17.8 Å². The number of benzene rings is 2. The van der Waals surface area contributed by atoms with Crippen LogP contribution >= 0.6 is 15.9 Å². The monoisotopic (exact) mass is 413 g/mol. The number of carbonyl (C=O) groups is 1. The second-order valence-electron chi connectivity index (χ2n) is 5.33. The Morgan fingerprint density at radius 1 is 1.24 bits per heavy atom. The molecule has 0 saturated heterocycles. The van der Waals surface area contributed by atoms with Crippen molar-refractivity contribution in [2.45, 2.75) is 33.5 Å². The molecule has 0 unspecified atom stereocenters. The van der Waals surface area contributed by atoms with Gasteiger partial charge in [0, 0.05) is 10.0 Å². The van der Waals surface area contributed by atoms with Crippen LogP contribution in [0.3, 0.4) is 0 Å². The zero-order valence-corrected chi connectivity index (χ0v) is 15.4. The van der Waals surface area contributed by atoms with Gasteiger partial charge in [-0.2, -0.15) is 8.78 Å². The molecular formula is C18H18BrF2NO3. The van der Waals surface area contributed by atoms with Crippen LogP contribution in [0.1, 0.15) is 23.6 Å². The predicted octanol–water partition coefficient (Wildman–Crippen LogP) is 5.67. The van der Waals surface area contributed by atoms with Gasteiger partial charge in [0.25, 0.3) is 0 Å². The first-order chi connectivity index (χ1) is 11.9. The van der Waals surface area contributed by atoms with Gasteiger partial charge in [-0.3, -0.25) is 5.32 Å². The number of ether oxygens (including phenoxy) is 2. The molecule has 0 aliphatic heterocycles. The van der Waals surface area contributed by atoms with Gasteiger partial charge in [0.2, 0.25) is 0 Å². The van der Waals surface area contributed by atoms with Gasteiger partial charge in [-0.1, -0.05) is 41.1 Å². The summed E-state index contributed by atoms with van der Waals surface area (Å²) < 4.78 is 34.6. The Balaban J connectivity index is 2.12. The van der Waals surface area contributed by atoms with Crippen LogP contribution in [0.5, 0.6) is 5.75 Å². The summed E-state index contributed by atoms with van der Waals surface area (Å²) in [4.78, 5) is 11.4. The van der Waals surface area contributed by atoms with E-state index in [1.807, 2.05) is 19.1 Å². The lowest BCUT2D eigenvalue weighted by Crippen LogP contribution is -2.18. The predicted molar refractivity (Wildman–Crippen MR) is 95.1 cm³/mol. The van der Waals surface area contributed by atoms with Crippen molar-refractivity contribution >= 4 is 27.7 Å². The Labute approximate surface area is 153 Å². The Hall–Kier alpha value is -2.15. The molecular weight excluding hydrogens is 396 g/mol. The molecule has 0 radical (unpaired) electrons. The lowest BCUT2D eigenvalue weighted by atomic mass is 10.1. The number of aryl methyl sites for hydroxylation is 2. The van der Waals surface area contributed by atoms with Gasteiger partial charge in [0.05, 0.1) is 5.69 Å². The van der Waals surface area contributed by atoms with Gasteiger partial charge in [-0.15, -0.1) is 0 Å². The van der Waals surface area contributed by atoms with E-state index in [1.54, 1.807) is 18.2 Å². The molecule has 2 aromatic rings. The highest BCUT2D eigenvalue weighted by molar-refractivity contribution is 9.10. The maximum absolute atomic E-state index is 12.1. The number of halogens is 3. The van der Waals surface area contributed by atoms with E-state index in [-0.39, 0.29) is 6.61 Å². The van der Waals surface area contributed by atoms with E-state index in [0.29, 0.717) is 15.7 Å². The highest BCUT2D eigenvalue weighted by Crippen LogP contribution is 2.25. The van der Waals surface area contributed by atoms with E-state index < -0.39 is 12.7 Å². The van der Waals surface area contributed by atoms with Gasteiger partial charge in [-0.05, 0) is 42.7 Å². The SMILES string of the molecule is CCc1ccc(OCc2ccc(Br)cc2NC(=O)OC(F)F)c(C)c1. The molecule has 2 rings (SSSR count). The molecule has 1 N–H and O–H groups in total. The zero-order chi connectivity index (χ0) is 18.4. The van der Waals surface area contributed by atoms with Gasteiger partial charge in [0.15, 0.2) is 0 Å². The number of carbonyl (C=O) groups excluding carboxylic acids is 1. The number of nitrogens with one attached hydrogen (secondary N) is 1. The number of amides is 1. The summed E-state index contributed by atoms with van der Waals surface area (Å²) in [6.45, 7) is 1.03. The van der Waals surface area contributed by atoms with Gasteiger partial charge in [0.1, 0.15) is 12.4 Å². The van der Waals surface area contributed by atoms with Crippen molar-refractivity contribution in [3.05, 3.63) is 57.6 Å². The molecule has 0 saturated carbocycles. The molecule has 0 spiro atoms. The molecule has 0 atom stereocenters. The van der Waals surface area contributed by atoms with Crippen LogP contribution in [0, 0.1) is 6.92 Å². The van der Waals surface area contributed by atoms with E-state index in [4.69, 9.17) is 4.74 Å². The first kappa shape index (κ1) is 19.2. The molecule has 0 aromatic heterocycles. The Morgan fingerprint density at radius 2 is 2.00 bits per heavy atom. The smallest absolute Gasteiger partial charge is 0.416 e. The molecule has 134 valence electrons. The van der Waals surface area contributed by atoms with Crippen molar-refractivity contribution in [3.8, 4) is 5.75 Å². The van der Waals surface area contributed by atoms with Gasteiger partial charge in [-0.25, -0.2) is 4.79 Å². The average molecular weight is 414 g/mol. The fourth-order valence-electron chi connectivity index (χ4n) is 2.26. The summed E-state index contributed by atoms with van der Waals surface area (Å²) in [7, 11) is 0. The van der Waals surface area contributed by atoms with Crippen LogP contribution in [-0.4, -0.2) is 12.7 Å². The minimum atomic E-state index is -3.17. The van der Waals surface area contributed by atoms with Crippen LogP contribution in [0.25, 0.3) is 0 Å². The minimum absolute atomic E-state index is 0.171. The number of rotatable bonds is 6. The van der Waals surface area contributed by atoms with E-state index in [0.717, 1.165) is 17.7 Å². The largest absolute Gasteiger partial charge is 0.489 e. The number of alkyl halides is 2. The van der Waals surface area contributed by atoms with Crippen LogP contribution in [0.2, 0.25) is 0 Å². The molecule has 2 aromatic carbocycles. The lowest BCUT2D eigenvalue weighted by Gasteiger charge is -2.14. The van der Waals surface area contributed by atoms with Crippen LogP contribution in [0.15, 0.2) is 40.9 Å². The lowest BCUT2D eigenvalue weighted by molar-refractivity contribution is -0.0766. The molecule has 0 aliphatic carbocycles. The molecule has 7 heteroatoms. The van der Waals surface area contributed by atoms with Crippen LogP contribution < -0.4 is 10.1 Å². The highest BCUT2D eigenvalue weighted by Gasteiger charge is 2.14. The normalized spacial score (nSPS) is 10.6. The topological polar surface area (TPSA) is 47.6 Å². The maximum atomic E-state index is 12.1. The minimum Gasteiger partial charge on any atom is -0.489 e. The van der Waals surface area contributed by atoms with Crippen molar-refractivity contribution in [1.29, 1.82) is 0 Å².